The standard InChI is InChI=1S/C16H17N/c1-16(2,3)11-8-9-15-13(10-11)12-6-4-5-7-14(12)17-15/h4-10,17H,1-3H3/i4D,5D,6D,7D,8D,9D,10D. The second-order valence-electron chi connectivity index (χ2n) is 5.12. The molecule has 0 radical (unpaired) electrons. The number of hydrogen-bond donors (Lipinski definition) is 1. The lowest BCUT2D eigenvalue weighted by atomic mass is 9.86. The first-order valence-electron chi connectivity index (χ1n) is 9.00. The van der Waals surface area contributed by atoms with Gasteiger partial charge in [-0.05, 0) is 29.1 Å². The van der Waals surface area contributed by atoms with Gasteiger partial charge in [-0.3, -0.25) is 0 Å². The van der Waals surface area contributed by atoms with E-state index in [2.05, 4.69) is 4.98 Å². The van der Waals surface area contributed by atoms with Crippen LogP contribution in [0, 0.1) is 0 Å². The Balaban J connectivity index is 2.70. The van der Waals surface area contributed by atoms with Gasteiger partial charge in [0.2, 0.25) is 0 Å². The Hall–Kier alpha value is -1.76. The fourth-order valence-electron chi connectivity index (χ4n) is 1.78. The van der Waals surface area contributed by atoms with Gasteiger partial charge in [0.1, 0.15) is 0 Å². The molecule has 1 aromatic heterocycles. The normalized spacial score (nSPS) is 18.2. The lowest BCUT2D eigenvalue weighted by Crippen LogP contribution is -2.10. The van der Waals surface area contributed by atoms with Crippen LogP contribution in [0.1, 0.15) is 35.9 Å². The molecule has 0 aliphatic rings. The van der Waals surface area contributed by atoms with E-state index in [9.17, 15) is 0 Å². The van der Waals surface area contributed by atoms with Crippen LogP contribution in [0.25, 0.3) is 21.8 Å². The molecule has 3 rings (SSSR count). The monoisotopic (exact) mass is 230 g/mol. The van der Waals surface area contributed by atoms with E-state index >= 15 is 0 Å². The molecule has 0 saturated heterocycles. The molecular formula is C16H17N. The van der Waals surface area contributed by atoms with Gasteiger partial charge in [0, 0.05) is 21.8 Å². The molecular weight excluding hydrogens is 206 g/mol. The number of aromatic nitrogens is 1. The zero-order valence-electron chi connectivity index (χ0n) is 17.0. The van der Waals surface area contributed by atoms with Gasteiger partial charge in [-0.2, -0.15) is 0 Å². The van der Waals surface area contributed by atoms with Crippen molar-refractivity contribution >= 4 is 21.8 Å². The van der Waals surface area contributed by atoms with Crippen LogP contribution in [0.3, 0.4) is 0 Å². The van der Waals surface area contributed by atoms with Gasteiger partial charge in [0.15, 0.2) is 0 Å². The van der Waals surface area contributed by atoms with Gasteiger partial charge in [-0.15, -0.1) is 0 Å². The first kappa shape index (κ1) is 5.26. The summed E-state index contributed by atoms with van der Waals surface area (Å²) in [6.45, 7) is 5.57. The van der Waals surface area contributed by atoms with Crippen molar-refractivity contribution < 1.29 is 9.60 Å². The Labute approximate surface area is 111 Å². The third-order valence-corrected chi connectivity index (χ3v) is 2.75. The van der Waals surface area contributed by atoms with E-state index in [1.807, 2.05) is 20.8 Å². The molecule has 0 bridgehead atoms. The maximum Gasteiger partial charge on any atom is 0.0645 e. The molecule has 1 heteroatoms. The van der Waals surface area contributed by atoms with E-state index in [4.69, 9.17) is 9.60 Å². The molecule has 0 unspecified atom stereocenters. The highest BCUT2D eigenvalue weighted by molar-refractivity contribution is 6.07. The van der Waals surface area contributed by atoms with Crippen LogP contribution in [0.15, 0.2) is 42.3 Å². The second-order valence-corrected chi connectivity index (χ2v) is 5.12. The smallest absolute Gasteiger partial charge is 0.0645 e. The number of rotatable bonds is 0. The molecule has 86 valence electrons. The average Bonchev–Trinajstić information content (AvgIpc) is 2.88. The minimum Gasteiger partial charge on any atom is -0.355 e. The number of H-pyrrole nitrogens is 1. The predicted octanol–water partition coefficient (Wildman–Crippen LogP) is 4.62. The third kappa shape index (κ3) is 1.62. The topological polar surface area (TPSA) is 15.8 Å². The van der Waals surface area contributed by atoms with E-state index in [1.54, 1.807) is 0 Å². The first-order chi connectivity index (χ1) is 11.0. The van der Waals surface area contributed by atoms with Crippen LogP contribution in [-0.2, 0) is 5.41 Å². The SMILES string of the molecule is [2H]c1c([2H])c([2H])c2c([nH]c3c([2H])c([2H])c(C(C)(C)C)c([2H])c32)c1[2H]. The Morgan fingerprint density at radius 3 is 2.41 bits per heavy atom. The van der Waals surface area contributed by atoms with Crippen molar-refractivity contribution in [1.82, 2.24) is 4.98 Å². The molecule has 1 heterocycles. The summed E-state index contributed by atoms with van der Waals surface area (Å²) in [5.41, 5.74) is 0.240. The van der Waals surface area contributed by atoms with Gasteiger partial charge in [-0.1, -0.05) is 44.9 Å². The van der Waals surface area contributed by atoms with Crippen LogP contribution < -0.4 is 0 Å². The molecule has 0 aliphatic carbocycles. The Morgan fingerprint density at radius 1 is 0.941 bits per heavy atom. The number of benzene rings is 2. The Kier molecular flexibility index (Phi) is 1.04. The van der Waals surface area contributed by atoms with Crippen LogP contribution in [-0.4, -0.2) is 4.98 Å². The fourth-order valence-corrected chi connectivity index (χ4v) is 1.78. The fraction of sp³-hybridized carbons (Fsp3) is 0.250. The third-order valence-electron chi connectivity index (χ3n) is 2.75. The molecule has 0 atom stereocenters. The highest BCUT2D eigenvalue weighted by Crippen LogP contribution is 2.30. The van der Waals surface area contributed by atoms with Crippen molar-refractivity contribution in [3.05, 3.63) is 47.9 Å². The zero-order valence-corrected chi connectivity index (χ0v) is 10.0. The van der Waals surface area contributed by atoms with E-state index in [0.29, 0.717) is 5.56 Å². The summed E-state index contributed by atoms with van der Waals surface area (Å²) in [6.07, 6.45) is 0. The van der Waals surface area contributed by atoms with Crippen molar-refractivity contribution in [2.75, 3.05) is 0 Å². The summed E-state index contributed by atoms with van der Waals surface area (Å²) in [6, 6.07) is -1.31. The van der Waals surface area contributed by atoms with Crippen LogP contribution in [0.5, 0.6) is 0 Å². The summed E-state index contributed by atoms with van der Waals surface area (Å²) < 4.78 is 56.9. The molecule has 1 N–H and O–H groups in total. The lowest BCUT2D eigenvalue weighted by Gasteiger charge is -2.18. The van der Waals surface area contributed by atoms with E-state index in [0.717, 1.165) is 0 Å². The van der Waals surface area contributed by atoms with Crippen molar-refractivity contribution in [3.63, 3.8) is 0 Å². The summed E-state index contributed by atoms with van der Waals surface area (Å²) >= 11 is 0. The van der Waals surface area contributed by atoms with Crippen molar-refractivity contribution in [2.45, 2.75) is 26.2 Å². The average molecular weight is 230 g/mol. The minimum absolute atomic E-state index is 0.0368. The summed E-state index contributed by atoms with van der Waals surface area (Å²) in [5.74, 6) is 0. The van der Waals surface area contributed by atoms with Gasteiger partial charge < -0.3 is 4.98 Å². The maximum atomic E-state index is 8.55. The molecule has 17 heavy (non-hydrogen) atoms. The number of hydrogen-bond acceptors (Lipinski definition) is 0. The molecule has 0 spiro atoms. The maximum absolute atomic E-state index is 8.55. The molecule has 0 saturated carbocycles. The van der Waals surface area contributed by atoms with E-state index in [-0.39, 0.29) is 64.1 Å². The summed E-state index contributed by atoms with van der Waals surface area (Å²) in [5, 5.41) is 0.489. The van der Waals surface area contributed by atoms with Gasteiger partial charge in [-0.25, -0.2) is 0 Å². The molecule has 0 fully saturated rings. The van der Waals surface area contributed by atoms with Gasteiger partial charge >= 0.3 is 0 Å². The Bertz CT molecular complexity index is 1010. The molecule has 0 amide bonds. The summed E-state index contributed by atoms with van der Waals surface area (Å²) in [4.78, 5) is 2.85. The van der Waals surface area contributed by atoms with Crippen LogP contribution >= 0.6 is 0 Å². The highest BCUT2D eigenvalue weighted by atomic mass is 14.7. The van der Waals surface area contributed by atoms with Crippen molar-refractivity contribution in [2.24, 2.45) is 0 Å². The predicted molar refractivity (Wildman–Crippen MR) is 74.5 cm³/mol. The van der Waals surface area contributed by atoms with Gasteiger partial charge in [0.25, 0.3) is 0 Å². The molecule has 1 nitrogen and oxygen atoms in total. The van der Waals surface area contributed by atoms with Crippen LogP contribution in [0.4, 0.5) is 0 Å². The van der Waals surface area contributed by atoms with Crippen molar-refractivity contribution in [1.29, 1.82) is 0 Å². The van der Waals surface area contributed by atoms with Crippen molar-refractivity contribution in [3.8, 4) is 0 Å². The number of aromatic amines is 1. The molecule has 2 aromatic carbocycles. The first-order valence-corrected chi connectivity index (χ1v) is 5.50. The Morgan fingerprint density at radius 2 is 1.65 bits per heavy atom. The number of para-hydroxylation sites is 1. The zero-order chi connectivity index (χ0) is 18.1. The van der Waals surface area contributed by atoms with Gasteiger partial charge in [0.05, 0.1) is 9.60 Å². The number of nitrogens with one attached hydrogen (secondary N) is 1. The molecule has 3 aromatic rings. The largest absolute Gasteiger partial charge is 0.355 e. The number of fused-ring (bicyclic) bond motifs is 3. The van der Waals surface area contributed by atoms with Crippen LogP contribution in [0.2, 0.25) is 0 Å². The lowest BCUT2D eigenvalue weighted by molar-refractivity contribution is 0.591. The minimum atomic E-state index is -0.535. The van der Waals surface area contributed by atoms with E-state index in [1.165, 1.54) is 0 Å². The molecule has 0 aliphatic heterocycles. The quantitative estimate of drug-likeness (QED) is 0.580. The summed E-state index contributed by atoms with van der Waals surface area (Å²) in [7, 11) is 0. The highest BCUT2D eigenvalue weighted by Gasteiger charge is 2.14. The second kappa shape index (κ2) is 3.36. The van der Waals surface area contributed by atoms with E-state index < -0.39 is 5.41 Å².